The summed E-state index contributed by atoms with van der Waals surface area (Å²) in [5.41, 5.74) is 0.559. The average molecular weight is 194 g/mol. The van der Waals surface area contributed by atoms with Crippen LogP contribution < -0.4 is 15.4 Å². The molecule has 0 aromatic heterocycles. The van der Waals surface area contributed by atoms with E-state index in [1.54, 1.807) is 24.3 Å². The molecule has 0 saturated heterocycles. The van der Waals surface area contributed by atoms with Crippen molar-refractivity contribution in [2.75, 3.05) is 12.4 Å². The molecule has 0 spiro atoms. The molecule has 5 nitrogen and oxygen atoms in total. The zero-order chi connectivity index (χ0) is 10.4. The zero-order valence-corrected chi connectivity index (χ0v) is 7.61. The molecule has 0 fully saturated rings. The van der Waals surface area contributed by atoms with Gasteiger partial charge in [-0.1, -0.05) is 6.07 Å². The first kappa shape index (κ1) is 10.0. The van der Waals surface area contributed by atoms with Gasteiger partial charge in [0, 0.05) is 11.8 Å². The number of rotatable bonds is 3. The summed E-state index contributed by atoms with van der Waals surface area (Å²) in [6, 6.07) is 6.24. The molecular formula is C9H10N2O3. The highest BCUT2D eigenvalue weighted by Gasteiger charge is 2.00. The van der Waals surface area contributed by atoms with Crippen LogP contribution in [0.2, 0.25) is 0 Å². The molecule has 74 valence electrons. The molecular weight excluding hydrogens is 184 g/mol. The molecule has 0 aliphatic rings. The van der Waals surface area contributed by atoms with E-state index >= 15 is 0 Å². The van der Waals surface area contributed by atoms with Crippen LogP contribution in [-0.4, -0.2) is 19.6 Å². The smallest absolute Gasteiger partial charge is 0.325 e. The molecule has 0 heterocycles. The summed E-state index contributed by atoms with van der Waals surface area (Å²) in [5.74, 6) is 0.633. The lowest BCUT2D eigenvalue weighted by molar-refractivity contribution is -0.108. The number of carbonyl (C=O) groups is 2. The monoisotopic (exact) mass is 194 g/mol. The van der Waals surface area contributed by atoms with E-state index in [0.29, 0.717) is 17.8 Å². The minimum atomic E-state index is -0.576. The van der Waals surface area contributed by atoms with Crippen molar-refractivity contribution in [2.45, 2.75) is 0 Å². The number of amides is 3. The van der Waals surface area contributed by atoms with Gasteiger partial charge in [-0.05, 0) is 12.1 Å². The molecule has 14 heavy (non-hydrogen) atoms. The summed E-state index contributed by atoms with van der Waals surface area (Å²) >= 11 is 0. The normalized spacial score (nSPS) is 8.93. The fourth-order valence-electron chi connectivity index (χ4n) is 0.922. The van der Waals surface area contributed by atoms with Crippen molar-refractivity contribution in [3.8, 4) is 5.75 Å². The number of methoxy groups -OCH3 is 1. The lowest BCUT2D eigenvalue weighted by atomic mass is 10.3. The fourth-order valence-corrected chi connectivity index (χ4v) is 0.922. The van der Waals surface area contributed by atoms with Gasteiger partial charge in [0.2, 0.25) is 6.41 Å². The van der Waals surface area contributed by atoms with Crippen LogP contribution in [-0.2, 0) is 4.79 Å². The maximum Gasteiger partial charge on any atom is 0.325 e. The van der Waals surface area contributed by atoms with E-state index in [9.17, 15) is 9.59 Å². The highest BCUT2D eigenvalue weighted by molar-refractivity contribution is 5.95. The first-order valence-electron chi connectivity index (χ1n) is 3.91. The molecule has 3 amide bonds. The number of anilines is 1. The van der Waals surface area contributed by atoms with Crippen LogP contribution in [0.25, 0.3) is 0 Å². The second-order valence-electron chi connectivity index (χ2n) is 2.45. The van der Waals surface area contributed by atoms with Crippen LogP contribution in [0.4, 0.5) is 10.5 Å². The Bertz CT molecular complexity index is 339. The van der Waals surface area contributed by atoms with Crippen LogP contribution in [0, 0.1) is 0 Å². The fraction of sp³-hybridized carbons (Fsp3) is 0.111. The van der Waals surface area contributed by atoms with Crippen molar-refractivity contribution in [3.63, 3.8) is 0 Å². The predicted molar refractivity (Wildman–Crippen MR) is 51.2 cm³/mol. The van der Waals surface area contributed by atoms with E-state index < -0.39 is 6.03 Å². The summed E-state index contributed by atoms with van der Waals surface area (Å²) in [5, 5.41) is 4.42. The van der Waals surface area contributed by atoms with Crippen molar-refractivity contribution in [2.24, 2.45) is 0 Å². The van der Waals surface area contributed by atoms with E-state index in [2.05, 4.69) is 5.32 Å². The molecule has 2 N–H and O–H groups in total. The second kappa shape index (κ2) is 4.86. The molecule has 1 aromatic rings. The Morgan fingerprint density at radius 2 is 2.29 bits per heavy atom. The third-order valence-electron chi connectivity index (χ3n) is 1.52. The SMILES string of the molecule is COc1cccc(NC(=O)NC=O)c1. The Balaban J connectivity index is 2.66. The minimum Gasteiger partial charge on any atom is -0.497 e. The average Bonchev–Trinajstić information content (AvgIpc) is 2.18. The maximum atomic E-state index is 10.9. The Labute approximate surface area is 81.1 Å². The Kier molecular flexibility index (Phi) is 3.49. The van der Waals surface area contributed by atoms with Crippen LogP contribution in [0.5, 0.6) is 5.75 Å². The lowest BCUT2D eigenvalue weighted by Crippen LogP contribution is -2.26. The van der Waals surface area contributed by atoms with Gasteiger partial charge in [0.1, 0.15) is 5.75 Å². The van der Waals surface area contributed by atoms with Gasteiger partial charge in [0.25, 0.3) is 0 Å². The van der Waals surface area contributed by atoms with Gasteiger partial charge in [-0.25, -0.2) is 4.79 Å². The maximum absolute atomic E-state index is 10.9. The van der Waals surface area contributed by atoms with Crippen molar-refractivity contribution >= 4 is 18.1 Å². The van der Waals surface area contributed by atoms with E-state index in [1.165, 1.54) is 7.11 Å². The summed E-state index contributed by atoms with van der Waals surface area (Å²) in [6.07, 6.45) is 0.315. The van der Waals surface area contributed by atoms with Crippen LogP contribution in [0.3, 0.4) is 0 Å². The largest absolute Gasteiger partial charge is 0.497 e. The Morgan fingerprint density at radius 1 is 1.50 bits per heavy atom. The van der Waals surface area contributed by atoms with E-state index in [1.807, 2.05) is 5.32 Å². The molecule has 0 saturated carbocycles. The predicted octanol–water partition coefficient (Wildman–Crippen LogP) is 0.973. The van der Waals surface area contributed by atoms with Crippen LogP contribution >= 0.6 is 0 Å². The highest BCUT2D eigenvalue weighted by Crippen LogP contribution is 2.16. The van der Waals surface area contributed by atoms with Crippen molar-refractivity contribution in [3.05, 3.63) is 24.3 Å². The van der Waals surface area contributed by atoms with E-state index in [0.717, 1.165) is 0 Å². The highest BCUT2D eigenvalue weighted by atomic mass is 16.5. The van der Waals surface area contributed by atoms with Crippen LogP contribution in [0.1, 0.15) is 0 Å². The number of urea groups is 1. The number of hydrogen-bond donors (Lipinski definition) is 2. The number of benzene rings is 1. The van der Waals surface area contributed by atoms with Gasteiger partial charge in [0.15, 0.2) is 0 Å². The standard InChI is InChI=1S/C9H10N2O3/c1-14-8-4-2-3-7(5-8)11-9(13)10-6-12/h2-6H,1H3,(H2,10,11,12,13). The Morgan fingerprint density at radius 3 is 2.93 bits per heavy atom. The molecule has 1 rings (SSSR count). The topological polar surface area (TPSA) is 67.4 Å². The molecule has 5 heteroatoms. The molecule has 0 unspecified atom stereocenters. The quantitative estimate of drug-likeness (QED) is 0.704. The minimum absolute atomic E-state index is 0.315. The van der Waals surface area contributed by atoms with Gasteiger partial charge in [-0.3, -0.25) is 10.1 Å². The van der Waals surface area contributed by atoms with Crippen molar-refractivity contribution in [1.29, 1.82) is 0 Å². The number of imide groups is 1. The zero-order valence-electron chi connectivity index (χ0n) is 7.61. The van der Waals surface area contributed by atoms with E-state index in [-0.39, 0.29) is 0 Å². The number of ether oxygens (including phenoxy) is 1. The number of carbonyl (C=O) groups excluding carboxylic acids is 2. The van der Waals surface area contributed by atoms with Crippen molar-refractivity contribution in [1.82, 2.24) is 5.32 Å². The van der Waals surface area contributed by atoms with Crippen LogP contribution in [0.15, 0.2) is 24.3 Å². The first-order chi connectivity index (χ1) is 6.76. The molecule has 0 bridgehead atoms. The Hall–Kier alpha value is -2.04. The van der Waals surface area contributed by atoms with E-state index in [4.69, 9.17) is 4.74 Å². The molecule has 0 aliphatic carbocycles. The number of nitrogens with one attached hydrogen (secondary N) is 2. The number of hydrogen-bond acceptors (Lipinski definition) is 3. The second-order valence-corrected chi connectivity index (χ2v) is 2.45. The van der Waals surface area contributed by atoms with Gasteiger partial charge in [0.05, 0.1) is 7.11 Å². The lowest BCUT2D eigenvalue weighted by Gasteiger charge is -2.05. The van der Waals surface area contributed by atoms with Gasteiger partial charge < -0.3 is 10.1 Å². The molecule has 0 aliphatic heterocycles. The van der Waals surface area contributed by atoms with Gasteiger partial charge in [-0.2, -0.15) is 0 Å². The summed E-state index contributed by atoms with van der Waals surface area (Å²) in [6.45, 7) is 0. The summed E-state index contributed by atoms with van der Waals surface area (Å²) in [7, 11) is 1.53. The molecule has 1 aromatic carbocycles. The summed E-state index contributed by atoms with van der Waals surface area (Å²) in [4.78, 5) is 20.8. The molecule has 0 atom stereocenters. The van der Waals surface area contributed by atoms with Crippen molar-refractivity contribution < 1.29 is 14.3 Å². The molecule has 0 radical (unpaired) electrons. The van der Waals surface area contributed by atoms with Gasteiger partial charge >= 0.3 is 6.03 Å². The third-order valence-corrected chi connectivity index (χ3v) is 1.52. The first-order valence-corrected chi connectivity index (χ1v) is 3.91. The van der Waals surface area contributed by atoms with Gasteiger partial charge in [-0.15, -0.1) is 0 Å². The third kappa shape index (κ3) is 2.78. The summed E-state index contributed by atoms with van der Waals surface area (Å²) < 4.78 is 4.96.